The maximum absolute atomic E-state index is 11.2. The van der Waals surface area contributed by atoms with Crippen LogP contribution in [0.3, 0.4) is 0 Å². The maximum Gasteiger partial charge on any atom is 0.209 e. The van der Waals surface area contributed by atoms with Gasteiger partial charge >= 0.3 is 0 Å². The number of hydrogen-bond acceptors (Lipinski definition) is 4. The number of ether oxygens (including phenoxy) is 1. The van der Waals surface area contributed by atoms with E-state index in [1.807, 2.05) is 38.1 Å². The van der Waals surface area contributed by atoms with Crippen LogP contribution in [0.15, 0.2) is 28.7 Å². The Balaban J connectivity index is 2.25. The fourth-order valence-electron chi connectivity index (χ4n) is 1.74. The molecule has 1 aromatic rings. The lowest BCUT2D eigenvalue weighted by Crippen LogP contribution is -2.50. The summed E-state index contributed by atoms with van der Waals surface area (Å²) in [6.45, 7) is 5.35. The van der Waals surface area contributed by atoms with Gasteiger partial charge in [-0.05, 0) is 32.0 Å². The quantitative estimate of drug-likeness (QED) is 0.689. The van der Waals surface area contributed by atoms with E-state index in [9.17, 15) is 8.42 Å². The van der Waals surface area contributed by atoms with Crippen molar-refractivity contribution in [3.8, 4) is 5.75 Å². The summed E-state index contributed by atoms with van der Waals surface area (Å²) in [4.78, 5) is 0. The van der Waals surface area contributed by atoms with E-state index in [1.54, 1.807) is 0 Å². The third-order valence-electron chi connectivity index (χ3n) is 2.37. The molecule has 0 aliphatic carbocycles. The number of nitrogens with one attached hydrogen (secondary N) is 2. The molecule has 0 saturated carbocycles. The minimum Gasteiger partial charge on any atom is -0.492 e. The van der Waals surface area contributed by atoms with Crippen molar-refractivity contribution >= 4 is 26.0 Å². The molecule has 1 aromatic carbocycles. The zero-order chi connectivity index (χ0) is 15.2. The van der Waals surface area contributed by atoms with E-state index < -0.39 is 15.6 Å². The van der Waals surface area contributed by atoms with Crippen LogP contribution in [0.2, 0.25) is 0 Å². The zero-order valence-corrected chi connectivity index (χ0v) is 14.3. The first-order valence-electron chi connectivity index (χ1n) is 6.26. The minimum atomic E-state index is -3.20. The Morgan fingerprint density at radius 1 is 1.35 bits per heavy atom. The Morgan fingerprint density at radius 2 is 2.05 bits per heavy atom. The Kier molecular flexibility index (Phi) is 6.44. The van der Waals surface area contributed by atoms with Gasteiger partial charge in [0.25, 0.3) is 0 Å². The number of hydrogen-bond donors (Lipinski definition) is 2. The van der Waals surface area contributed by atoms with Crippen LogP contribution in [0, 0.1) is 0 Å². The molecule has 0 atom stereocenters. The summed E-state index contributed by atoms with van der Waals surface area (Å²) in [5, 5.41) is 3.17. The molecule has 0 radical (unpaired) electrons. The molecule has 0 aliphatic heterocycles. The Bertz CT molecular complexity index is 532. The number of halogens is 1. The van der Waals surface area contributed by atoms with Crippen molar-refractivity contribution in [2.45, 2.75) is 19.4 Å². The first-order valence-corrected chi connectivity index (χ1v) is 8.94. The zero-order valence-electron chi connectivity index (χ0n) is 11.9. The monoisotopic (exact) mass is 364 g/mol. The fraction of sp³-hybridized carbons (Fsp3) is 0.538. The highest BCUT2D eigenvalue weighted by Gasteiger charge is 2.21. The summed E-state index contributed by atoms with van der Waals surface area (Å²) in [7, 11) is -3.20. The molecule has 0 aliphatic rings. The van der Waals surface area contributed by atoms with Crippen LogP contribution in [0.5, 0.6) is 5.75 Å². The highest BCUT2D eigenvalue weighted by molar-refractivity contribution is 9.10. The van der Waals surface area contributed by atoms with Crippen LogP contribution < -0.4 is 14.8 Å². The predicted octanol–water partition coefficient (Wildman–Crippen LogP) is 1.75. The van der Waals surface area contributed by atoms with Crippen LogP contribution in [-0.4, -0.2) is 39.9 Å². The van der Waals surface area contributed by atoms with E-state index in [0.29, 0.717) is 19.7 Å². The lowest BCUT2D eigenvalue weighted by Gasteiger charge is -2.25. The average Bonchev–Trinajstić information content (AvgIpc) is 2.25. The van der Waals surface area contributed by atoms with E-state index in [4.69, 9.17) is 4.74 Å². The molecule has 114 valence electrons. The van der Waals surface area contributed by atoms with Crippen LogP contribution >= 0.6 is 15.9 Å². The Morgan fingerprint density at radius 3 is 2.65 bits per heavy atom. The van der Waals surface area contributed by atoms with Gasteiger partial charge in [0, 0.05) is 23.1 Å². The normalized spacial score (nSPS) is 12.4. The first-order chi connectivity index (χ1) is 9.18. The maximum atomic E-state index is 11.2. The van der Waals surface area contributed by atoms with Gasteiger partial charge in [0.05, 0.1) is 6.26 Å². The van der Waals surface area contributed by atoms with Gasteiger partial charge in [-0.3, -0.25) is 0 Å². The molecule has 2 N–H and O–H groups in total. The van der Waals surface area contributed by atoms with Crippen LogP contribution in [0.4, 0.5) is 0 Å². The third-order valence-corrected chi connectivity index (χ3v) is 3.79. The Labute approximate surface area is 129 Å². The highest BCUT2D eigenvalue weighted by Crippen LogP contribution is 2.17. The molecule has 7 heteroatoms. The lowest BCUT2D eigenvalue weighted by atomic mass is 10.1. The summed E-state index contributed by atoms with van der Waals surface area (Å²) in [5.41, 5.74) is -0.524. The van der Waals surface area contributed by atoms with Crippen molar-refractivity contribution in [3.63, 3.8) is 0 Å². The molecule has 1 rings (SSSR count). The summed E-state index contributed by atoms with van der Waals surface area (Å²) in [6, 6.07) is 7.63. The molecular weight excluding hydrogens is 344 g/mol. The molecule has 0 saturated heterocycles. The summed E-state index contributed by atoms with van der Waals surface area (Å²) in [5.74, 6) is 0.801. The summed E-state index contributed by atoms with van der Waals surface area (Å²) >= 11 is 3.38. The second kappa shape index (κ2) is 7.40. The molecule has 0 amide bonds. The molecule has 0 aromatic heterocycles. The van der Waals surface area contributed by atoms with Gasteiger partial charge in [-0.1, -0.05) is 22.0 Å². The number of benzene rings is 1. The van der Waals surface area contributed by atoms with Gasteiger partial charge in [0.2, 0.25) is 10.0 Å². The minimum absolute atomic E-state index is 0.519. The van der Waals surface area contributed by atoms with Crippen molar-refractivity contribution in [1.29, 1.82) is 0 Å². The van der Waals surface area contributed by atoms with Crippen molar-refractivity contribution in [2.24, 2.45) is 0 Å². The lowest BCUT2D eigenvalue weighted by molar-refractivity contribution is 0.305. The molecule has 0 unspecified atom stereocenters. The van der Waals surface area contributed by atoms with E-state index in [1.165, 1.54) is 0 Å². The topological polar surface area (TPSA) is 67.4 Å². The van der Waals surface area contributed by atoms with Crippen molar-refractivity contribution < 1.29 is 13.2 Å². The van der Waals surface area contributed by atoms with Gasteiger partial charge < -0.3 is 10.1 Å². The SMILES string of the molecule is CC(C)(CNCCOc1cccc(Br)c1)NS(C)(=O)=O. The number of rotatable bonds is 8. The first kappa shape index (κ1) is 17.4. The average molecular weight is 365 g/mol. The summed E-state index contributed by atoms with van der Waals surface area (Å²) in [6.07, 6.45) is 1.16. The van der Waals surface area contributed by atoms with Crippen molar-refractivity contribution in [1.82, 2.24) is 10.0 Å². The van der Waals surface area contributed by atoms with Crippen LogP contribution in [0.25, 0.3) is 0 Å². The molecule has 0 bridgehead atoms. The highest BCUT2D eigenvalue weighted by atomic mass is 79.9. The van der Waals surface area contributed by atoms with Crippen LogP contribution in [0.1, 0.15) is 13.8 Å². The largest absolute Gasteiger partial charge is 0.492 e. The summed E-state index contributed by atoms with van der Waals surface area (Å²) < 4.78 is 31.5. The van der Waals surface area contributed by atoms with E-state index in [0.717, 1.165) is 16.5 Å². The number of sulfonamides is 1. The van der Waals surface area contributed by atoms with Gasteiger partial charge in [-0.25, -0.2) is 13.1 Å². The van der Waals surface area contributed by atoms with Gasteiger partial charge in [-0.15, -0.1) is 0 Å². The van der Waals surface area contributed by atoms with E-state index >= 15 is 0 Å². The standard InChI is InChI=1S/C13H21BrN2O3S/c1-13(2,16-20(3,17)18)10-15-7-8-19-12-6-4-5-11(14)9-12/h4-6,9,15-16H,7-8,10H2,1-3H3. The van der Waals surface area contributed by atoms with Crippen LogP contribution in [-0.2, 0) is 10.0 Å². The van der Waals surface area contributed by atoms with Crippen molar-refractivity contribution in [2.75, 3.05) is 26.0 Å². The second-order valence-electron chi connectivity index (χ2n) is 5.24. The predicted molar refractivity (Wildman–Crippen MR) is 84.6 cm³/mol. The van der Waals surface area contributed by atoms with Gasteiger partial charge in [-0.2, -0.15) is 0 Å². The van der Waals surface area contributed by atoms with Crippen molar-refractivity contribution in [3.05, 3.63) is 28.7 Å². The smallest absolute Gasteiger partial charge is 0.209 e. The van der Waals surface area contributed by atoms with Gasteiger partial charge in [0.15, 0.2) is 0 Å². The van der Waals surface area contributed by atoms with E-state index in [2.05, 4.69) is 26.0 Å². The molecule has 0 spiro atoms. The fourth-order valence-corrected chi connectivity index (χ4v) is 3.19. The molecule has 0 heterocycles. The molecule has 20 heavy (non-hydrogen) atoms. The molecular formula is C13H21BrN2O3S. The Hall–Kier alpha value is -0.630. The molecule has 0 fully saturated rings. The third kappa shape index (κ3) is 7.84. The van der Waals surface area contributed by atoms with E-state index in [-0.39, 0.29) is 0 Å². The van der Waals surface area contributed by atoms with Gasteiger partial charge in [0.1, 0.15) is 12.4 Å². The molecule has 5 nitrogen and oxygen atoms in total. The second-order valence-corrected chi connectivity index (χ2v) is 7.90.